The number of rotatable bonds is 6. The van der Waals surface area contributed by atoms with Crippen LogP contribution in [0.15, 0.2) is 53.8 Å². The first-order valence-corrected chi connectivity index (χ1v) is 10.0. The maximum Gasteiger partial charge on any atom is 0.352 e. The van der Waals surface area contributed by atoms with Crippen molar-refractivity contribution in [1.29, 1.82) is 0 Å². The quantitative estimate of drug-likeness (QED) is 0.732. The molecule has 2 fully saturated rings. The summed E-state index contributed by atoms with van der Waals surface area (Å²) in [5.74, 6) is -0.640. The van der Waals surface area contributed by atoms with Gasteiger partial charge in [-0.05, 0) is 29.9 Å². The summed E-state index contributed by atoms with van der Waals surface area (Å²) in [6.07, 6.45) is 6.35. The average Bonchev–Trinajstić information content (AvgIpc) is 3.48. The second-order valence-electron chi connectivity index (χ2n) is 6.99. The third-order valence-electron chi connectivity index (χ3n) is 4.92. The molecule has 140 valence electrons. The lowest BCUT2D eigenvalue weighted by Gasteiger charge is -2.49. The number of aliphatic carboxylic acids is 1. The third kappa shape index (κ3) is 3.64. The maximum atomic E-state index is 12.6. The van der Waals surface area contributed by atoms with Gasteiger partial charge in [0.1, 0.15) is 17.1 Å². The van der Waals surface area contributed by atoms with E-state index in [1.165, 1.54) is 16.7 Å². The molecule has 2 heterocycles. The van der Waals surface area contributed by atoms with E-state index in [-0.39, 0.29) is 29.3 Å². The van der Waals surface area contributed by atoms with E-state index in [2.05, 4.69) is 5.32 Å². The molecule has 2 atom stereocenters. The van der Waals surface area contributed by atoms with E-state index in [9.17, 15) is 19.5 Å². The number of benzene rings is 1. The normalized spacial score (nSPS) is 24.6. The first-order valence-electron chi connectivity index (χ1n) is 8.97. The summed E-state index contributed by atoms with van der Waals surface area (Å²) in [6.45, 7) is 0. The predicted molar refractivity (Wildman–Crippen MR) is 102 cm³/mol. The van der Waals surface area contributed by atoms with Gasteiger partial charge < -0.3 is 10.4 Å². The van der Waals surface area contributed by atoms with Crippen LogP contribution in [0, 0.1) is 5.92 Å². The van der Waals surface area contributed by atoms with E-state index in [4.69, 9.17) is 0 Å². The van der Waals surface area contributed by atoms with E-state index in [1.807, 2.05) is 42.5 Å². The smallest absolute Gasteiger partial charge is 0.352 e. The fourth-order valence-corrected chi connectivity index (χ4v) is 4.64. The van der Waals surface area contributed by atoms with Crippen LogP contribution in [0.25, 0.3) is 0 Å². The molecule has 0 aromatic heterocycles. The molecule has 6 nitrogen and oxygen atoms in total. The Balaban J connectivity index is 1.45. The van der Waals surface area contributed by atoms with Gasteiger partial charge in [0.2, 0.25) is 5.91 Å². The molecule has 3 aliphatic rings. The number of nitrogens with zero attached hydrogens (tertiary/aromatic N) is 1. The summed E-state index contributed by atoms with van der Waals surface area (Å²) in [5.41, 5.74) is 1.58. The standard InChI is InChI=1S/C20H20N2O4S/c23-15(10-13-4-2-1-3-5-13)21-16-18(24)22-17(20(25)26)14(11-27-19(16)22)9-8-12-6-7-12/h1-5,8-9,12,16,19H,6-7,10-11H2,(H,21,23)(H,25,26). The minimum atomic E-state index is -1.10. The van der Waals surface area contributed by atoms with Crippen molar-refractivity contribution in [2.24, 2.45) is 5.92 Å². The molecule has 0 bridgehead atoms. The number of fused-ring (bicyclic) bond motifs is 1. The molecule has 0 spiro atoms. The van der Waals surface area contributed by atoms with E-state index >= 15 is 0 Å². The molecule has 0 radical (unpaired) electrons. The molecular formula is C20H20N2O4S. The topological polar surface area (TPSA) is 86.7 Å². The summed E-state index contributed by atoms with van der Waals surface area (Å²) in [4.78, 5) is 37.9. The molecule has 4 rings (SSSR count). The van der Waals surface area contributed by atoms with Gasteiger partial charge in [-0.15, -0.1) is 11.8 Å². The summed E-state index contributed by atoms with van der Waals surface area (Å²) in [7, 11) is 0. The van der Waals surface area contributed by atoms with Crippen LogP contribution in [-0.2, 0) is 20.8 Å². The molecule has 2 N–H and O–H groups in total. The van der Waals surface area contributed by atoms with Crippen LogP contribution < -0.4 is 5.32 Å². The van der Waals surface area contributed by atoms with E-state index in [0.717, 1.165) is 18.4 Å². The number of carboxylic acids is 1. The third-order valence-corrected chi connectivity index (χ3v) is 6.22. The zero-order valence-electron chi connectivity index (χ0n) is 14.6. The van der Waals surface area contributed by atoms with Crippen molar-refractivity contribution in [2.75, 3.05) is 5.75 Å². The Morgan fingerprint density at radius 2 is 2.00 bits per heavy atom. The van der Waals surface area contributed by atoms with Gasteiger partial charge >= 0.3 is 5.97 Å². The lowest BCUT2D eigenvalue weighted by atomic mass is 10.0. The van der Waals surface area contributed by atoms with Crippen molar-refractivity contribution >= 4 is 29.5 Å². The number of hydrogen-bond acceptors (Lipinski definition) is 4. The first-order chi connectivity index (χ1) is 13.0. The van der Waals surface area contributed by atoms with Crippen LogP contribution in [0.4, 0.5) is 0 Å². The monoisotopic (exact) mass is 384 g/mol. The Hall–Kier alpha value is -2.54. The molecule has 27 heavy (non-hydrogen) atoms. The predicted octanol–water partition coefficient (Wildman–Crippen LogP) is 1.93. The average molecular weight is 384 g/mol. The molecule has 1 aromatic carbocycles. The Morgan fingerprint density at radius 1 is 1.26 bits per heavy atom. The molecule has 1 aliphatic carbocycles. The second-order valence-corrected chi connectivity index (χ2v) is 8.10. The van der Waals surface area contributed by atoms with Crippen molar-refractivity contribution in [1.82, 2.24) is 10.2 Å². The Kier molecular flexibility index (Phi) is 4.78. The largest absolute Gasteiger partial charge is 0.477 e. The molecule has 2 unspecified atom stereocenters. The summed E-state index contributed by atoms with van der Waals surface area (Å²) < 4.78 is 0. The number of carbonyl (C=O) groups excluding carboxylic acids is 2. The zero-order valence-corrected chi connectivity index (χ0v) is 15.4. The van der Waals surface area contributed by atoms with Gasteiger partial charge in [0.15, 0.2) is 0 Å². The van der Waals surface area contributed by atoms with E-state index in [0.29, 0.717) is 17.2 Å². The molecule has 2 amide bonds. The van der Waals surface area contributed by atoms with Crippen molar-refractivity contribution in [3.63, 3.8) is 0 Å². The van der Waals surface area contributed by atoms with Crippen molar-refractivity contribution < 1.29 is 19.5 Å². The Bertz CT molecular complexity index is 845. The van der Waals surface area contributed by atoms with Crippen LogP contribution in [0.3, 0.4) is 0 Å². The summed E-state index contributed by atoms with van der Waals surface area (Å²) in [5, 5.41) is 12.0. The summed E-state index contributed by atoms with van der Waals surface area (Å²) in [6, 6.07) is 8.63. The Morgan fingerprint density at radius 3 is 2.67 bits per heavy atom. The highest BCUT2D eigenvalue weighted by atomic mass is 32.2. The van der Waals surface area contributed by atoms with Gasteiger partial charge in [-0.3, -0.25) is 14.5 Å². The molecule has 1 aromatic rings. The van der Waals surface area contributed by atoms with Gasteiger partial charge in [-0.25, -0.2) is 4.79 Å². The lowest BCUT2D eigenvalue weighted by Crippen LogP contribution is -2.70. The molecule has 7 heteroatoms. The van der Waals surface area contributed by atoms with Gasteiger partial charge in [-0.2, -0.15) is 0 Å². The van der Waals surface area contributed by atoms with Crippen LogP contribution in [0.1, 0.15) is 18.4 Å². The SMILES string of the molecule is O=C(Cc1ccccc1)NC1C(=O)N2C(C(=O)O)=C(C=CC3CC3)CSC12. The molecule has 1 saturated carbocycles. The minimum absolute atomic E-state index is 0.0502. The highest BCUT2D eigenvalue weighted by Gasteiger charge is 2.53. The van der Waals surface area contributed by atoms with Crippen molar-refractivity contribution in [3.05, 3.63) is 59.3 Å². The molecular weight excluding hydrogens is 364 g/mol. The maximum absolute atomic E-state index is 12.6. The first kappa shape index (κ1) is 17.9. The molecule has 2 aliphatic heterocycles. The highest BCUT2D eigenvalue weighted by molar-refractivity contribution is 8.00. The Labute approximate surface area is 161 Å². The van der Waals surface area contributed by atoms with Crippen LogP contribution in [0.5, 0.6) is 0 Å². The number of amides is 2. The number of carbonyl (C=O) groups is 3. The second kappa shape index (κ2) is 7.23. The van der Waals surface area contributed by atoms with Crippen LogP contribution in [0.2, 0.25) is 0 Å². The van der Waals surface area contributed by atoms with E-state index in [1.54, 1.807) is 0 Å². The van der Waals surface area contributed by atoms with Gasteiger partial charge in [0.25, 0.3) is 5.91 Å². The minimum Gasteiger partial charge on any atom is -0.477 e. The molecule has 1 saturated heterocycles. The van der Waals surface area contributed by atoms with Gasteiger partial charge in [0.05, 0.1) is 6.42 Å². The van der Waals surface area contributed by atoms with Crippen molar-refractivity contribution in [3.8, 4) is 0 Å². The highest BCUT2D eigenvalue weighted by Crippen LogP contribution is 2.41. The van der Waals surface area contributed by atoms with Gasteiger partial charge in [0, 0.05) is 5.75 Å². The summed E-state index contributed by atoms with van der Waals surface area (Å²) >= 11 is 1.49. The fourth-order valence-electron chi connectivity index (χ4n) is 3.32. The number of hydrogen-bond donors (Lipinski definition) is 2. The van der Waals surface area contributed by atoms with Gasteiger partial charge in [-0.1, -0.05) is 42.5 Å². The number of β-lactam (4-membered cyclic amide) rings is 1. The van der Waals surface area contributed by atoms with Crippen LogP contribution in [-0.4, -0.2) is 45.0 Å². The zero-order chi connectivity index (χ0) is 19.0. The number of carboxylic acid groups (broad SMARTS) is 1. The number of thioether (sulfide) groups is 1. The van der Waals surface area contributed by atoms with Crippen molar-refractivity contribution in [2.45, 2.75) is 30.7 Å². The fraction of sp³-hybridized carbons (Fsp3) is 0.350. The number of nitrogens with one attached hydrogen (secondary N) is 1. The number of allylic oxidation sites excluding steroid dienone is 2. The lowest BCUT2D eigenvalue weighted by molar-refractivity contribution is -0.150. The van der Waals surface area contributed by atoms with Crippen LogP contribution >= 0.6 is 11.8 Å². The van der Waals surface area contributed by atoms with E-state index < -0.39 is 12.0 Å².